The van der Waals surface area contributed by atoms with Crippen LogP contribution in [0.2, 0.25) is 0 Å². The first-order valence-corrected chi connectivity index (χ1v) is 7.31. The van der Waals surface area contributed by atoms with Crippen LogP contribution in [0.1, 0.15) is 37.5 Å². The molecular formula is C20H23N. The average Bonchev–Trinajstić information content (AvgIpc) is 2.45. The second-order valence-corrected chi connectivity index (χ2v) is 6.34. The lowest BCUT2D eigenvalue weighted by Crippen LogP contribution is -2.41. The van der Waals surface area contributed by atoms with Crippen LogP contribution in [0.4, 0.5) is 5.69 Å². The van der Waals surface area contributed by atoms with Crippen molar-refractivity contribution in [3.8, 4) is 12.3 Å². The van der Waals surface area contributed by atoms with Crippen molar-refractivity contribution >= 4 is 5.69 Å². The van der Waals surface area contributed by atoms with E-state index in [-0.39, 0.29) is 5.54 Å². The maximum atomic E-state index is 5.64. The Morgan fingerprint density at radius 2 is 1.62 bits per heavy atom. The van der Waals surface area contributed by atoms with E-state index in [1.54, 1.807) is 0 Å². The van der Waals surface area contributed by atoms with Gasteiger partial charge in [-0.2, -0.15) is 0 Å². The van der Waals surface area contributed by atoms with Crippen molar-refractivity contribution in [1.82, 2.24) is 0 Å². The predicted octanol–water partition coefficient (Wildman–Crippen LogP) is 4.78. The second-order valence-electron chi connectivity index (χ2n) is 6.34. The minimum Gasteiger partial charge on any atom is -0.362 e. The lowest BCUT2D eigenvalue weighted by Gasteiger charge is -2.39. The number of terminal acetylenes is 1. The molecule has 0 radical (unpaired) electrons. The molecule has 2 aromatic carbocycles. The van der Waals surface area contributed by atoms with Crippen LogP contribution in [-0.4, -0.2) is 5.54 Å². The van der Waals surface area contributed by atoms with Gasteiger partial charge in [0, 0.05) is 23.3 Å². The van der Waals surface area contributed by atoms with Crippen LogP contribution in [0, 0.1) is 19.3 Å². The minimum atomic E-state index is 0.0217. The molecule has 0 aromatic heterocycles. The van der Waals surface area contributed by atoms with Crippen molar-refractivity contribution in [1.29, 1.82) is 0 Å². The van der Waals surface area contributed by atoms with E-state index in [4.69, 9.17) is 6.42 Å². The van der Waals surface area contributed by atoms with Crippen LogP contribution in [0.5, 0.6) is 0 Å². The van der Waals surface area contributed by atoms with Crippen LogP contribution >= 0.6 is 0 Å². The van der Waals surface area contributed by atoms with E-state index in [1.807, 2.05) is 12.1 Å². The third-order valence-electron chi connectivity index (χ3n) is 3.72. The minimum absolute atomic E-state index is 0.0217. The summed E-state index contributed by atoms with van der Waals surface area (Å²) >= 11 is 0. The van der Waals surface area contributed by atoms with Crippen molar-refractivity contribution in [2.45, 2.75) is 39.8 Å². The summed E-state index contributed by atoms with van der Waals surface area (Å²) in [6.07, 6.45) is 5.64. The van der Waals surface area contributed by atoms with E-state index in [0.29, 0.717) is 0 Å². The fraction of sp³-hybridized carbons (Fsp3) is 0.300. The summed E-state index contributed by atoms with van der Waals surface area (Å²) in [5.41, 5.74) is 4.73. The van der Waals surface area contributed by atoms with Crippen LogP contribution in [0.25, 0.3) is 0 Å². The van der Waals surface area contributed by atoms with Crippen LogP contribution in [0.3, 0.4) is 0 Å². The number of rotatable bonds is 3. The molecule has 0 heterocycles. The second kappa shape index (κ2) is 6.06. The summed E-state index contributed by atoms with van der Waals surface area (Å²) in [7, 11) is 0. The molecule has 0 saturated heterocycles. The van der Waals surface area contributed by atoms with Gasteiger partial charge >= 0.3 is 0 Å². The van der Waals surface area contributed by atoms with Gasteiger partial charge in [0.2, 0.25) is 0 Å². The highest BCUT2D eigenvalue weighted by Crippen LogP contribution is 2.29. The molecule has 0 spiro atoms. The molecule has 1 heteroatoms. The SMILES string of the molecule is C#Cc1ccccc1CN(c1ccccc1C)C(C)(C)C. The first-order valence-electron chi connectivity index (χ1n) is 7.31. The van der Waals surface area contributed by atoms with Crippen molar-refractivity contribution in [3.05, 3.63) is 65.2 Å². The van der Waals surface area contributed by atoms with Crippen molar-refractivity contribution in [2.75, 3.05) is 4.90 Å². The molecule has 0 unspecified atom stereocenters. The van der Waals surface area contributed by atoms with Gasteiger partial charge in [-0.15, -0.1) is 6.42 Å². The standard InChI is InChI=1S/C20H23N/c1-6-17-12-8-9-13-18(17)15-21(20(3,4)5)19-14-10-7-11-16(19)2/h1,7-14H,15H2,2-5H3. The average molecular weight is 277 g/mol. The molecule has 0 bridgehead atoms. The van der Waals surface area contributed by atoms with Crippen LogP contribution in [0.15, 0.2) is 48.5 Å². The summed E-state index contributed by atoms with van der Waals surface area (Å²) in [6, 6.07) is 16.7. The lowest BCUT2D eigenvalue weighted by atomic mass is 9.99. The molecule has 0 aliphatic heterocycles. The highest BCUT2D eigenvalue weighted by Gasteiger charge is 2.23. The zero-order valence-electron chi connectivity index (χ0n) is 13.4. The number of hydrogen-bond acceptors (Lipinski definition) is 1. The smallest absolute Gasteiger partial charge is 0.0447 e. The predicted molar refractivity (Wildman–Crippen MR) is 91.5 cm³/mol. The van der Waals surface area contributed by atoms with Crippen molar-refractivity contribution in [2.24, 2.45) is 0 Å². The van der Waals surface area contributed by atoms with Crippen molar-refractivity contribution < 1.29 is 0 Å². The number of anilines is 1. The number of nitrogens with zero attached hydrogens (tertiary/aromatic N) is 1. The number of benzene rings is 2. The highest BCUT2D eigenvalue weighted by atomic mass is 15.2. The Morgan fingerprint density at radius 3 is 2.24 bits per heavy atom. The summed E-state index contributed by atoms with van der Waals surface area (Å²) in [5.74, 6) is 2.79. The molecule has 2 aromatic rings. The molecule has 0 saturated carbocycles. The Hall–Kier alpha value is -2.20. The fourth-order valence-electron chi connectivity index (χ4n) is 2.52. The molecule has 0 aliphatic rings. The molecule has 2 rings (SSSR count). The first-order chi connectivity index (χ1) is 9.93. The van der Waals surface area contributed by atoms with Gasteiger partial charge in [0.15, 0.2) is 0 Å². The van der Waals surface area contributed by atoms with Gasteiger partial charge in [-0.3, -0.25) is 0 Å². The largest absolute Gasteiger partial charge is 0.362 e. The molecule has 0 fully saturated rings. The Labute approximate surface area is 128 Å². The summed E-state index contributed by atoms with van der Waals surface area (Å²) in [4.78, 5) is 2.42. The Morgan fingerprint density at radius 1 is 1.00 bits per heavy atom. The summed E-state index contributed by atoms with van der Waals surface area (Å²) in [5, 5.41) is 0. The summed E-state index contributed by atoms with van der Waals surface area (Å²) < 4.78 is 0. The highest BCUT2D eigenvalue weighted by molar-refractivity contribution is 5.56. The van der Waals surface area contributed by atoms with Gasteiger partial charge in [0.05, 0.1) is 0 Å². The van der Waals surface area contributed by atoms with E-state index in [2.05, 4.69) is 74.9 Å². The number of hydrogen-bond donors (Lipinski definition) is 0. The Balaban J connectivity index is 2.44. The molecule has 0 atom stereocenters. The van der Waals surface area contributed by atoms with E-state index >= 15 is 0 Å². The molecule has 0 amide bonds. The van der Waals surface area contributed by atoms with Crippen LogP contribution in [-0.2, 0) is 6.54 Å². The van der Waals surface area contributed by atoms with E-state index in [1.165, 1.54) is 16.8 Å². The zero-order chi connectivity index (χ0) is 15.5. The van der Waals surface area contributed by atoms with Crippen molar-refractivity contribution in [3.63, 3.8) is 0 Å². The zero-order valence-corrected chi connectivity index (χ0v) is 13.4. The van der Waals surface area contributed by atoms with Gasteiger partial charge in [-0.1, -0.05) is 42.3 Å². The molecule has 0 N–H and O–H groups in total. The molecule has 21 heavy (non-hydrogen) atoms. The Bertz CT molecular complexity index is 656. The van der Waals surface area contributed by atoms with E-state index in [0.717, 1.165) is 12.1 Å². The maximum absolute atomic E-state index is 5.64. The van der Waals surface area contributed by atoms with Gasteiger partial charge in [0.1, 0.15) is 0 Å². The third-order valence-corrected chi connectivity index (χ3v) is 3.72. The number of para-hydroxylation sites is 1. The van der Waals surface area contributed by atoms with Gasteiger partial charge < -0.3 is 4.90 Å². The summed E-state index contributed by atoms with van der Waals surface area (Å²) in [6.45, 7) is 9.67. The van der Waals surface area contributed by atoms with E-state index in [9.17, 15) is 0 Å². The lowest BCUT2D eigenvalue weighted by molar-refractivity contribution is 0.500. The first kappa shape index (κ1) is 15.2. The van der Waals surface area contributed by atoms with Gasteiger partial charge in [-0.25, -0.2) is 0 Å². The van der Waals surface area contributed by atoms with E-state index < -0.39 is 0 Å². The monoisotopic (exact) mass is 277 g/mol. The Kier molecular flexibility index (Phi) is 4.38. The maximum Gasteiger partial charge on any atom is 0.0447 e. The van der Waals surface area contributed by atoms with Gasteiger partial charge in [0.25, 0.3) is 0 Å². The molecule has 1 nitrogen and oxygen atoms in total. The van der Waals surface area contributed by atoms with Gasteiger partial charge in [-0.05, 0) is 51.0 Å². The number of aryl methyl sites for hydroxylation is 1. The van der Waals surface area contributed by atoms with Crippen LogP contribution < -0.4 is 4.90 Å². The molecular weight excluding hydrogens is 254 g/mol. The third kappa shape index (κ3) is 3.47. The fourth-order valence-corrected chi connectivity index (χ4v) is 2.52. The topological polar surface area (TPSA) is 3.24 Å². The molecule has 0 aliphatic carbocycles. The molecule has 108 valence electrons. The normalized spacial score (nSPS) is 11.0. The quantitative estimate of drug-likeness (QED) is 0.730.